The molecule has 9 heteroatoms. The maximum Gasteiger partial charge on any atom is 0.509 e. The van der Waals surface area contributed by atoms with E-state index in [1.807, 2.05) is 13.0 Å². The Morgan fingerprint density at radius 2 is 1.75 bits per heavy atom. The van der Waals surface area contributed by atoms with Crippen LogP contribution in [0.3, 0.4) is 0 Å². The summed E-state index contributed by atoms with van der Waals surface area (Å²) >= 11 is 0. The first-order chi connectivity index (χ1) is 17.0. The van der Waals surface area contributed by atoms with E-state index >= 15 is 0 Å². The molecule has 1 N–H and O–H groups in total. The quantitative estimate of drug-likeness (QED) is 0.536. The number of aliphatic hydroxyl groups is 1. The van der Waals surface area contributed by atoms with Crippen LogP contribution in [-0.4, -0.2) is 60.5 Å². The Hall–Kier alpha value is -2.68. The molecule has 0 aliphatic heterocycles. The van der Waals surface area contributed by atoms with E-state index < -0.39 is 47.2 Å². The van der Waals surface area contributed by atoms with Gasteiger partial charge in [-0.1, -0.05) is 25.5 Å². The molecule has 198 valence electrons. The van der Waals surface area contributed by atoms with Crippen LogP contribution in [0.4, 0.5) is 9.59 Å². The second-order valence-electron chi connectivity index (χ2n) is 10.8. The van der Waals surface area contributed by atoms with Crippen molar-refractivity contribution in [2.75, 3.05) is 19.8 Å². The number of hydrogen-bond acceptors (Lipinski definition) is 9. The van der Waals surface area contributed by atoms with Crippen molar-refractivity contribution >= 4 is 23.9 Å². The number of rotatable bonds is 6. The Bertz CT molecular complexity index is 999. The van der Waals surface area contributed by atoms with E-state index in [4.69, 9.17) is 18.9 Å². The normalized spacial score (nSPS) is 38.7. The Kier molecular flexibility index (Phi) is 7.07. The van der Waals surface area contributed by atoms with Crippen molar-refractivity contribution in [1.82, 2.24) is 0 Å². The van der Waals surface area contributed by atoms with Crippen molar-refractivity contribution in [2.45, 2.75) is 71.5 Å². The van der Waals surface area contributed by atoms with Crippen LogP contribution in [0.25, 0.3) is 0 Å². The summed E-state index contributed by atoms with van der Waals surface area (Å²) in [6.45, 7) is 6.79. The highest BCUT2D eigenvalue weighted by atomic mass is 16.7. The highest BCUT2D eigenvalue weighted by Crippen LogP contribution is 2.67. The molecule has 0 saturated heterocycles. The van der Waals surface area contributed by atoms with Gasteiger partial charge in [0.05, 0.1) is 19.3 Å². The number of Topliss-reactive ketones (excluding diaryl/α,β-unsaturated/α-hetero) is 1. The average Bonchev–Trinajstić information content (AvgIpc) is 3.10. The van der Waals surface area contributed by atoms with Gasteiger partial charge in [-0.25, -0.2) is 9.59 Å². The molecule has 4 aliphatic rings. The van der Waals surface area contributed by atoms with Crippen LogP contribution in [0, 0.1) is 28.6 Å². The molecule has 7 atom stereocenters. The first-order valence-electron chi connectivity index (χ1n) is 12.8. The standard InChI is InChI=1S/C27H36O9/c1-5-33-23(31)35-15-21(30)27(36-24(32)34-6-2)12-10-19-18-8-7-16-13-17(28)9-11-25(16,3)22(18)20(29)14-26(19,27)4/h9,11,13,18-20,22,29H,5-8,10,12,14-15H2,1-4H3/t18-,19-,20-,22?,25-,26-,27-/m0/s1. The zero-order valence-electron chi connectivity index (χ0n) is 21.4. The Morgan fingerprint density at radius 3 is 2.44 bits per heavy atom. The van der Waals surface area contributed by atoms with Gasteiger partial charge in [0, 0.05) is 16.7 Å². The molecule has 0 spiro atoms. The van der Waals surface area contributed by atoms with Gasteiger partial charge in [0.1, 0.15) is 0 Å². The number of fused-ring (bicyclic) bond motifs is 5. The smallest absolute Gasteiger partial charge is 0.435 e. The largest absolute Gasteiger partial charge is 0.509 e. The Balaban J connectivity index is 1.68. The lowest BCUT2D eigenvalue weighted by molar-refractivity contribution is -0.183. The van der Waals surface area contributed by atoms with Crippen molar-refractivity contribution in [2.24, 2.45) is 28.6 Å². The van der Waals surface area contributed by atoms with Crippen molar-refractivity contribution in [3.63, 3.8) is 0 Å². The summed E-state index contributed by atoms with van der Waals surface area (Å²) in [5.74, 6) is -0.707. The van der Waals surface area contributed by atoms with Crippen molar-refractivity contribution < 1.29 is 43.2 Å². The second kappa shape index (κ2) is 9.65. The minimum atomic E-state index is -1.61. The monoisotopic (exact) mass is 504 g/mol. The minimum Gasteiger partial charge on any atom is -0.435 e. The van der Waals surface area contributed by atoms with E-state index in [1.54, 1.807) is 26.0 Å². The number of ketones is 2. The number of allylic oxidation sites excluding steroid dienone is 4. The van der Waals surface area contributed by atoms with E-state index in [1.165, 1.54) is 0 Å². The van der Waals surface area contributed by atoms with Gasteiger partial charge in [-0.05, 0) is 69.9 Å². The van der Waals surface area contributed by atoms with Gasteiger partial charge >= 0.3 is 12.3 Å². The molecule has 0 radical (unpaired) electrons. The molecule has 4 rings (SSSR count). The van der Waals surface area contributed by atoms with Crippen molar-refractivity contribution in [3.8, 4) is 0 Å². The third kappa shape index (κ3) is 4.05. The lowest BCUT2D eigenvalue weighted by atomic mass is 9.46. The van der Waals surface area contributed by atoms with Crippen LogP contribution in [0.5, 0.6) is 0 Å². The molecule has 0 amide bonds. The van der Waals surface area contributed by atoms with E-state index in [0.29, 0.717) is 6.42 Å². The van der Waals surface area contributed by atoms with Crippen LogP contribution < -0.4 is 0 Å². The number of ether oxygens (including phenoxy) is 4. The molecule has 0 heterocycles. The zero-order valence-corrected chi connectivity index (χ0v) is 21.4. The summed E-state index contributed by atoms with van der Waals surface area (Å²) in [5.41, 5.74) is -1.94. The zero-order chi connectivity index (χ0) is 26.3. The molecular weight excluding hydrogens is 468 g/mol. The van der Waals surface area contributed by atoms with Crippen LogP contribution in [0.15, 0.2) is 23.8 Å². The molecule has 0 aromatic heterocycles. The molecule has 0 aromatic rings. The highest BCUT2D eigenvalue weighted by Gasteiger charge is 2.70. The lowest BCUT2D eigenvalue weighted by Crippen LogP contribution is -2.63. The second-order valence-corrected chi connectivity index (χ2v) is 10.8. The summed E-state index contributed by atoms with van der Waals surface area (Å²) in [6, 6.07) is 0. The van der Waals surface area contributed by atoms with Gasteiger partial charge in [0.25, 0.3) is 0 Å². The molecule has 36 heavy (non-hydrogen) atoms. The van der Waals surface area contributed by atoms with E-state index in [-0.39, 0.29) is 49.6 Å². The lowest BCUT2D eigenvalue weighted by Gasteiger charge is -2.59. The SMILES string of the molecule is CCOC(=O)OCC(=O)[C@@]1(OC(=O)OCC)CC[C@H]2[C@@H]3CCC4=CC(=O)C=C[C@]4(C)C3[C@@H](O)C[C@@]21C. The highest BCUT2D eigenvalue weighted by molar-refractivity contribution is 6.01. The van der Waals surface area contributed by atoms with Gasteiger partial charge in [-0.2, -0.15) is 0 Å². The van der Waals surface area contributed by atoms with Gasteiger partial charge in [0.2, 0.25) is 5.78 Å². The summed E-state index contributed by atoms with van der Waals surface area (Å²) < 4.78 is 20.7. The Labute approximate surface area is 211 Å². The van der Waals surface area contributed by atoms with Crippen LogP contribution in [-0.2, 0) is 28.5 Å². The topological polar surface area (TPSA) is 125 Å². The van der Waals surface area contributed by atoms with Crippen molar-refractivity contribution in [3.05, 3.63) is 23.8 Å². The number of carbonyl (C=O) groups excluding carboxylic acids is 4. The van der Waals surface area contributed by atoms with Gasteiger partial charge in [-0.15, -0.1) is 0 Å². The van der Waals surface area contributed by atoms with E-state index in [9.17, 15) is 24.3 Å². The fourth-order valence-corrected chi connectivity index (χ4v) is 7.69. The summed E-state index contributed by atoms with van der Waals surface area (Å²) in [6.07, 6.45) is 4.98. The van der Waals surface area contributed by atoms with Crippen LogP contribution in [0.2, 0.25) is 0 Å². The van der Waals surface area contributed by atoms with Gasteiger partial charge in [0.15, 0.2) is 18.0 Å². The maximum atomic E-state index is 13.7. The Morgan fingerprint density at radius 1 is 1.06 bits per heavy atom. The van der Waals surface area contributed by atoms with E-state index in [0.717, 1.165) is 18.4 Å². The van der Waals surface area contributed by atoms with Gasteiger partial charge < -0.3 is 24.1 Å². The molecule has 3 fully saturated rings. The predicted molar refractivity (Wildman–Crippen MR) is 127 cm³/mol. The average molecular weight is 505 g/mol. The number of carbonyl (C=O) groups is 4. The molecule has 0 bridgehead atoms. The molecule has 3 saturated carbocycles. The summed E-state index contributed by atoms with van der Waals surface area (Å²) in [5, 5.41) is 11.6. The van der Waals surface area contributed by atoms with Gasteiger partial charge in [-0.3, -0.25) is 9.59 Å². The third-order valence-corrected chi connectivity index (χ3v) is 9.17. The van der Waals surface area contributed by atoms with E-state index in [2.05, 4.69) is 6.92 Å². The molecule has 1 unspecified atom stereocenters. The fourth-order valence-electron chi connectivity index (χ4n) is 7.69. The first kappa shape index (κ1) is 26.4. The van der Waals surface area contributed by atoms with Crippen LogP contribution in [0.1, 0.15) is 59.8 Å². The number of hydrogen-bond donors (Lipinski definition) is 1. The summed E-state index contributed by atoms with van der Waals surface area (Å²) in [7, 11) is 0. The molecule has 9 nitrogen and oxygen atoms in total. The van der Waals surface area contributed by atoms with Crippen LogP contribution >= 0.6 is 0 Å². The predicted octanol–water partition coefficient (Wildman–Crippen LogP) is 3.92. The van der Waals surface area contributed by atoms with Crippen molar-refractivity contribution in [1.29, 1.82) is 0 Å². The molecule has 4 aliphatic carbocycles. The summed E-state index contributed by atoms with van der Waals surface area (Å²) in [4.78, 5) is 50.0. The fraction of sp³-hybridized carbons (Fsp3) is 0.704. The molecule has 0 aromatic carbocycles. The number of aliphatic hydroxyl groups excluding tert-OH is 1. The maximum absolute atomic E-state index is 13.7. The minimum absolute atomic E-state index is 0.0312. The first-order valence-corrected chi connectivity index (χ1v) is 12.8. The third-order valence-electron chi connectivity index (χ3n) is 9.17. The molecular formula is C27H36O9.